The normalized spacial score (nSPS) is 11.7. The van der Waals surface area contributed by atoms with Crippen molar-refractivity contribution in [3.63, 3.8) is 0 Å². The maximum Gasteiger partial charge on any atom is 0.308 e. The molecule has 0 spiro atoms. The zero-order valence-corrected chi connectivity index (χ0v) is 12.3. The number of carbonyl (C=O) groups excluding carboxylic acids is 1. The van der Waals surface area contributed by atoms with Gasteiger partial charge in [-0.15, -0.1) is 0 Å². The van der Waals surface area contributed by atoms with Gasteiger partial charge in [-0.2, -0.15) is 0 Å². The Kier molecular flexibility index (Phi) is 5.25. The predicted molar refractivity (Wildman–Crippen MR) is 82.6 cm³/mol. The minimum Gasteiger partial charge on any atom is -0.481 e. The third kappa shape index (κ3) is 4.15. The average Bonchev–Trinajstić information content (AvgIpc) is 2.53. The van der Waals surface area contributed by atoms with Gasteiger partial charge in [0.1, 0.15) is 0 Å². The lowest BCUT2D eigenvalue weighted by atomic mass is 9.96. The van der Waals surface area contributed by atoms with Gasteiger partial charge in [-0.25, -0.2) is 0 Å². The van der Waals surface area contributed by atoms with Crippen LogP contribution in [-0.2, 0) is 11.2 Å². The monoisotopic (exact) mass is 298 g/mol. The molecule has 0 aliphatic rings. The number of pyridine rings is 1. The number of carboxylic acid groups (broad SMARTS) is 1. The summed E-state index contributed by atoms with van der Waals surface area (Å²) in [7, 11) is 0. The van der Waals surface area contributed by atoms with Crippen LogP contribution in [0.2, 0.25) is 0 Å². The molecule has 0 unspecified atom stereocenters. The summed E-state index contributed by atoms with van der Waals surface area (Å²) in [4.78, 5) is 27.2. The molecule has 0 bridgehead atoms. The number of hydrogen-bond acceptors (Lipinski definition) is 3. The van der Waals surface area contributed by atoms with Crippen LogP contribution in [-0.4, -0.2) is 28.5 Å². The molecule has 22 heavy (non-hydrogen) atoms. The highest BCUT2D eigenvalue weighted by Gasteiger charge is 2.20. The molecule has 1 aromatic heterocycles. The van der Waals surface area contributed by atoms with Gasteiger partial charge in [0.15, 0.2) is 0 Å². The number of amides is 1. The van der Waals surface area contributed by atoms with E-state index in [2.05, 4.69) is 10.3 Å². The second kappa shape index (κ2) is 7.36. The van der Waals surface area contributed by atoms with Crippen molar-refractivity contribution in [1.82, 2.24) is 10.3 Å². The first kappa shape index (κ1) is 15.7. The number of aryl methyl sites for hydroxylation is 1. The Hall–Kier alpha value is -2.69. The standard InChI is InChI=1S/C17H18N2O3/c1-12-4-2-3-5-14(12)10-15(17(21)22)11-19-16(20)13-6-8-18-9-7-13/h2-9,15H,10-11H2,1H3,(H,19,20)(H,21,22)/t15-/m1/s1. The summed E-state index contributed by atoms with van der Waals surface area (Å²) in [5.74, 6) is -1.87. The molecule has 1 aromatic carbocycles. The summed E-state index contributed by atoms with van der Waals surface area (Å²) in [5.41, 5.74) is 2.50. The van der Waals surface area contributed by atoms with Crippen molar-refractivity contribution in [3.8, 4) is 0 Å². The van der Waals surface area contributed by atoms with Crippen LogP contribution in [0.15, 0.2) is 48.8 Å². The van der Waals surface area contributed by atoms with E-state index in [0.29, 0.717) is 12.0 Å². The summed E-state index contributed by atoms with van der Waals surface area (Å²) >= 11 is 0. The number of aliphatic carboxylic acids is 1. The van der Waals surface area contributed by atoms with Crippen LogP contribution >= 0.6 is 0 Å². The largest absolute Gasteiger partial charge is 0.481 e. The zero-order valence-electron chi connectivity index (χ0n) is 12.3. The Labute approximate surface area is 129 Å². The van der Waals surface area contributed by atoms with Crippen LogP contribution < -0.4 is 5.32 Å². The molecule has 0 aliphatic heterocycles. The smallest absolute Gasteiger partial charge is 0.308 e. The molecular weight excluding hydrogens is 280 g/mol. The van der Waals surface area contributed by atoms with E-state index < -0.39 is 11.9 Å². The highest BCUT2D eigenvalue weighted by Crippen LogP contribution is 2.13. The molecule has 0 radical (unpaired) electrons. The maximum atomic E-state index is 12.0. The fourth-order valence-electron chi connectivity index (χ4n) is 2.17. The van der Waals surface area contributed by atoms with Crippen molar-refractivity contribution >= 4 is 11.9 Å². The van der Waals surface area contributed by atoms with Gasteiger partial charge in [0.25, 0.3) is 5.91 Å². The highest BCUT2D eigenvalue weighted by molar-refractivity contribution is 5.94. The predicted octanol–water partition coefficient (Wildman–Crippen LogP) is 2.06. The average molecular weight is 298 g/mol. The molecule has 0 fully saturated rings. The van der Waals surface area contributed by atoms with Crippen molar-refractivity contribution < 1.29 is 14.7 Å². The minimum atomic E-state index is -0.918. The van der Waals surface area contributed by atoms with Crippen LogP contribution in [0.1, 0.15) is 21.5 Å². The van der Waals surface area contributed by atoms with Gasteiger partial charge in [0, 0.05) is 24.5 Å². The van der Waals surface area contributed by atoms with Crippen LogP contribution in [0.25, 0.3) is 0 Å². The Balaban J connectivity index is 2.00. The molecule has 5 nitrogen and oxygen atoms in total. The van der Waals surface area contributed by atoms with Crippen molar-refractivity contribution in [2.75, 3.05) is 6.54 Å². The van der Waals surface area contributed by atoms with Crippen molar-refractivity contribution in [2.24, 2.45) is 5.92 Å². The van der Waals surface area contributed by atoms with Gasteiger partial charge in [0.2, 0.25) is 0 Å². The van der Waals surface area contributed by atoms with E-state index in [1.54, 1.807) is 12.1 Å². The van der Waals surface area contributed by atoms with Gasteiger partial charge in [-0.3, -0.25) is 14.6 Å². The Morgan fingerprint density at radius 2 is 1.86 bits per heavy atom. The Morgan fingerprint density at radius 1 is 1.18 bits per heavy atom. The van der Waals surface area contributed by atoms with Crippen LogP contribution in [0.5, 0.6) is 0 Å². The van der Waals surface area contributed by atoms with E-state index in [1.807, 2.05) is 31.2 Å². The topological polar surface area (TPSA) is 79.3 Å². The number of carbonyl (C=O) groups is 2. The van der Waals surface area contributed by atoms with E-state index >= 15 is 0 Å². The van der Waals surface area contributed by atoms with E-state index in [4.69, 9.17) is 0 Å². The fraction of sp³-hybridized carbons (Fsp3) is 0.235. The minimum absolute atomic E-state index is 0.0881. The number of hydrogen-bond donors (Lipinski definition) is 2. The lowest BCUT2D eigenvalue weighted by molar-refractivity contribution is -0.141. The number of nitrogens with one attached hydrogen (secondary N) is 1. The summed E-state index contributed by atoms with van der Waals surface area (Å²) in [6.45, 7) is 2.04. The molecule has 1 heterocycles. The van der Waals surface area contributed by atoms with Crippen LogP contribution in [0, 0.1) is 12.8 Å². The first-order valence-electron chi connectivity index (χ1n) is 7.03. The van der Waals surface area contributed by atoms with Crippen molar-refractivity contribution in [3.05, 3.63) is 65.5 Å². The fourth-order valence-corrected chi connectivity index (χ4v) is 2.17. The number of carboxylic acids is 1. The molecule has 5 heteroatoms. The molecule has 2 N–H and O–H groups in total. The van der Waals surface area contributed by atoms with E-state index in [-0.39, 0.29) is 12.5 Å². The van der Waals surface area contributed by atoms with Crippen molar-refractivity contribution in [2.45, 2.75) is 13.3 Å². The second-order valence-corrected chi connectivity index (χ2v) is 5.11. The Morgan fingerprint density at radius 3 is 2.50 bits per heavy atom. The van der Waals surface area contributed by atoms with Crippen LogP contribution in [0.4, 0.5) is 0 Å². The van der Waals surface area contributed by atoms with Crippen molar-refractivity contribution in [1.29, 1.82) is 0 Å². The molecule has 2 aromatic rings. The van der Waals surface area contributed by atoms with E-state index in [1.165, 1.54) is 12.4 Å². The Bertz CT molecular complexity index is 656. The summed E-state index contributed by atoms with van der Waals surface area (Å²) in [6.07, 6.45) is 3.44. The number of aromatic nitrogens is 1. The molecule has 114 valence electrons. The first-order valence-corrected chi connectivity index (χ1v) is 7.03. The summed E-state index contributed by atoms with van der Waals surface area (Å²) in [6, 6.07) is 10.8. The molecule has 0 aliphatic carbocycles. The molecule has 2 rings (SSSR count). The number of rotatable bonds is 6. The molecule has 1 atom stereocenters. The summed E-state index contributed by atoms with van der Waals surface area (Å²) < 4.78 is 0. The van der Waals surface area contributed by atoms with E-state index in [0.717, 1.165) is 11.1 Å². The third-order valence-electron chi connectivity index (χ3n) is 3.53. The quantitative estimate of drug-likeness (QED) is 0.855. The highest BCUT2D eigenvalue weighted by atomic mass is 16.4. The van der Waals surface area contributed by atoms with Gasteiger partial charge < -0.3 is 10.4 Å². The lowest BCUT2D eigenvalue weighted by Gasteiger charge is -2.15. The molecular formula is C17H18N2O3. The zero-order chi connectivity index (χ0) is 15.9. The first-order chi connectivity index (χ1) is 10.6. The van der Waals surface area contributed by atoms with Gasteiger partial charge in [-0.1, -0.05) is 24.3 Å². The third-order valence-corrected chi connectivity index (χ3v) is 3.53. The SMILES string of the molecule is Cc1ccccc1C[C@H](CNC(=O)c1ccncc1)C(=O)O. The molecule has 1 amide bonds. The summed E-state index contributed by atoms with van der Waals surface area (Å²) in [5, 5.41) is 12.0. The molecule has 0 saturated carbocycles. The van der Waals surface area contributed by atoms with Gasteiger partial charge in [0.05, 0.1) is 5.92 Å². The number of benzene rings is 1. The van der Waals surface area contributed by atoms with Gasteiger partial charge in [-0.05, 0) is 36.6 Å². The van der Waals surface area contributed by atoms with Crippen LogP contribution in [0.3, 0.4) is 0 Å². The number of nitrogens with zero attached hydrogens (tertiary/aromatic N) is 1. The molecule has 0 saturated heterocycles. The van der Waals surface area contributed by atoms with Gasteiger partial charge >= 0.3 is 5.97 Å². The second-order valence-electron chi connectivity index (χ2n) is 5.11. The maximum absolute atomic E-state index is 12.0. The van der Waals surface area contributed by atoms with E-state index in [9.17, 15) is 14.7 Å². The lowest BCUT2D eigenvalue weighted by Crippen LogP contribution is -2.34.